The maximum atomic E-state index is 12.6. The van der Waals surface area contributed by atoms with Gasteiger partial charge in [0.25, 0.3) is 0 Å². The van der Waals surface area contributed by atoms with E-state index in [0.717, 1.165) is 62.2 Å². The van der Waals surface area contributed by atoms with Gasteiger partial charge >= 0.3 is 0 Å². The molecule has 1 amide bonds. The molecule has 168 valence electrons. The van der Waals surface area contributed by atoms with Gasteiger partial charge in [-0.2, -0.15) is 4.98 Å². The van der Waals surface area contributed by atoms with Crippen LogP contribution >= 0.6 is 0 Å². The summed E-state index contributed by atoms with van der Waals surface area (Å²) in [5, 5.41) is 6.39. The fourth-order valence-electron chi connectivity index (χ4n) is 5.34. The summed E-state index contributed by atoms with van der Waals surface area (Å²) < 4.78 is 5.42. The Kier molecular flexibility index (Phi) is 4.67. The van der Waals surface area contributed by atoms with Crippen LogP contribution < -0.4 is 26.4 Å². The molecule has 1 atom stereocenters. The van der Waals surface area contributed by atoms with E-state index in [-0.39, 0.29) is 17.5 Å². The molecule has 10 heteroatoms. The lowest BCUT2D eigenvalue weighted by atomic mass is 9.87. The van der Waals surface area contributed by atoms with Crippen molar-refractivity contribution in [2.75, 3.05) is 43.1 Å². The number of anilines is 2. The number of fused-ring (bicyclic) bond motifs is 4. The van der Waals surface area contributed by atoms with Crippen molar-refractivity contribution >= 4 is 23.7 Å². The van der Waals surface area contributed by atoms with E-state index < -0.39 is 0 Å². The number of ether oxygens (including phenoxy) is 1. The molecular weight excluding hydrogens is 408 g/mol. The van der Waals surface area contributed by atoms with Crippen molar-refractivity contribution in [2.45, 2.75) is 37.3 Å². The van der Waals surface area contributed by atoms with Crippen molar-refractivity contribution in [3.63, 3.8) is 0 Å². The summed E-state index contributed by atoms with van der Waals surface area (Å²) in [6, 6.07) is -0.315. The number of allylic oxidation sites excluding steroid dienone is 2. The van der Waals surface area contributed by atoms with E-state index in [9.17, 15) is 4.79 Å². The largest absolute Gasteiger partial charge is 0.378 e. The van der Waals surface area contributed by atoms with Gasteiger partial charge < -0.3 is 25.2 Å². The van der Waals surface area contributed by atoms with E-state index in [1.54, 1.807) is 0 Å². The number of hydrogen-bond donors (Lipinski definition) is 4. The number of morpholine rings is 1. The molecule has 1 spiro atoms. The summed E-state index contributed by atoms with van der Waals surface area (Å²) in [6.45, 7) is 3.88. The van der Waals surface area contributed by atoms with Gasteiger partial charge in [-0.15, -0.1) is 0 Å². The van der Waals surface area contributed by atoms with Gasteiger partial charge in [0.05, 0.1) is 18.8 Å². The van der Waals surface area contributed by atoms with E-state index in [1.165, 1.54) is 12.8 Å². The number of nitrogens with zero attached hydrogens (tertiary/aromatic N) is 4. The number of hydrazine groups is 1. The first-order valence-corrected chi connectivity index (χ1v) is 11.4. The molecule has 0 radical (unpaired) electrons. The second-order valence-corrected chi connectivity index (χ2v) is 8.90. The molecule has 4 aliphatic heterocycles. The fraction of sp³-hybridized carbons (Fsp3) is 0.500. The van der Waals surface area contributed by atoms with Crippen molar-refractivity contribution in [1.82, 2.24) is 31.0 Å². The van der Waals surface area contributed by atoms with Crippen molar-refractivity contribution in [3.05, 3.63) is 41.6 Å². The predicted octanol–water partition coefficient (Wildman–Crippen LogP) is 0.656. The Morgan fingerprint density at radius 3 is 2.78 bits per heavy atom. The number of rotatable bonds is 3. The Morgan fingerprint density at radius 2 is 2.00 bits per heavy atom. The van der Waals surface area contributed by atoms with E-state index in [4.69, 9.17) is 9.72 Å². The first-order valence-electron chi connectivity index (χ1n) is 11.4. The average molecular weight is 437 g/mol. The Bertz CT molecular complexity index is 1010. The van der Waals surface area contributed by atoms with Crippen LogP contribution in [0.2, 0.25) is 0 Å². The van der Waals surface area contributed by atoms with Crippen molar-refractivity contribution in [2.24, 2.45) is 0 Å². The minimum absolute atomic E-state index is 0.0409. The minimum Gasteiger partial charge on any atom is -0.378 e. The molecule has 4 N–H and O–H groups in total. The monoisotopic (exact) mass is 436 g/mol. The quantitative estimate of drug-likeness (QED) is 0.544. The molecule has 10 nitrogen and oxygen atoms in total. The normalized spacial score (nSPS) is 25.8. The third-order valence-corrected chi connectivity index (χ3v) is 7.00. The Morgan fingerprint density at radius 1 is 1.16 bits per heavy atom. The maximum Gasteiger partial charge on any atom is 0.246 e. The van der Waals surface area contributed by atoms with Gasteiger partial charge in [0, 0.05) is 31.4 Å². The first kappa shape index (κ1) is 19.4. The molecular formula is C22H28N8O2. The number of nitrogens with one attached hydrogen (secondary N) is 4. The molecule has 2 saturated heterocycles. The standard InChI is InChI=1S/C22H28N8O2/c31-20-16-4-3-15-13-23-21(26-19(15)30(16)22(14-24-20)7-1-2-8-22)25-17-5-6-18(28-27-17)29-9-11-32-12-10-29/h3-6,13,16,27-28H,1-2,7-12,14H2,(H,24,31)(H,23,25,26). The Hall–Kier alpha value is -3.27. The van der Waals surface area contributed by atoms with Crippen molar-refractivity contribution in [1.29, 1.82) is 0 Å². The van der Waals surface area contributed by atoms with Gasteiger partial charge in [0.15, 0.2) is 0 Å². The van der Waals surface area contributed by atoms with E-state index >= 15 is 0 Å². The van der Waals surface area contributed by atoms with Gasteiger partial charge in [0.2, 0.25) is 11.9 Å². The highest BCUT2D eigenvalue weighted by Crippen LogP contribution is 2.43. The van der Waals surface area contributed by atoms with Crippen LogP contribution in [-0.4, -0.2) is 65.2 Å². The molecule has 1 unspecified atom stereocenters. The van der Waals surface area contributed by atoms with Crippen LogP contribution in [0.15, 0.2) is 36.1 Å². The average Bonchev–Trinajstić information content (AvgIpc) is 3.31. The topological polar surface area (TPSA) is 107 Å². The third kappa shape index (κ3) is 3.26. The van der Waals surface area contributed by atoms with Crippen LogP contribution in [0.25, 0.3) is 6.08 Å². The minimum atomic E-state index is -0.315. The van der Waals surface area contributed by atoms with Gasteiger partial charge in [-0.25, -0.2) is 4.98 Å². The third-order valence-electron chi connectivity index (χ3n) is 7.00. The molecule has 1 saturated carbocycles. The molecule has 1 aliphatic carbocycles. The van der Waals surface area contributed by atoms with E-state index in [2.05, 4.69) is 36.3 Å². The lowest BCUT2D eigenvalue weighted by molar-refractivity contribution is -0.123. The van der Waals surface area contributed by atoms with Crippen molar-refractivity contribution in [3.8, 4) is 0 Å². The molecule has 32 heavy (non-hydrogen) atoms. The Labute approximate surface area is 186 Å². The lowest BCUT2D eigenvalue weighted by Crippen LogP contribution is -2.67. The zero-order chi connectivity index (χ0) is 21.5. The summed E-state index contributed by atoms with van der Waals surface area (Å²) >= 11 is 0. The van der Waals surface area contributed by atoms with Gasteiger partial charge in [0.1, 0.15) is 23.5 Å². The second-order valence-electron chi connectivity index (χ2n) is 8.90. The van der Waals surface area contributed by atoms with Crippen molar-refractivity contribution < 1.29 is 9.53 Å². The summed E-state index contributed by atoms with van der Waals surface area (Å²) in [4.78, 5) is 26.5. The van der Waals surface area contributed by atoms with E-state index in [0.29, 0.717) is 12.5 Å². The SMILES string of the molecule is O=C1NCC2(CCCC2)N2c3nc(NC4=CC=C(N5CCOCC5)NN4)ncc3C=CC12. The second kappa shape index (κ2) is 7.70. The predicted molar refractivity (Wildman–Crippen MR) is 120 cm³/mol. The van der Waals surface area contributed by atoms with Crippen LogP contribution in [0.3, 0.4) is 0 Å². The number of hydrogen-bond acceptors (Lipinski definition) is 9. The highest BCUT2D eigenvalue weighted by Gasteiger charge is 2.50. The van der Waals surface area contributed by atoms with Crippen LogP contribution in [0, 0.1) is 0 Å². The fourth-order valence-corrected chi connectivity index (χ4v) is 5.34. The molecule has 3 fully saturated rings. The van der Waals surface area contributed by atoms with Gasteiger partial charge in [-0.1, -0.05) is 25.0 Å². The van der Waals surface area contributed by atoms with Gasteiger partial charge in [-0.3, -0.25) is 15.6 Å². The van der Waals surface area contributed by atoms with Crippen LogP contribution in [-0.2, 0) is 9.53 Å². The molecule has 0 aromatic carbocycles. The van der Waals surface area contributed by atoms with E-state index in [1.807, 2.05) is 30.5 Å². The highest BCUT2D eigenvalue weighted by molar-refractivity contribution is 5.93. The molecule has 5 aliphatic rings. The smallest absolute Gasteiger partial charge is 0.246 e. The number of amides is 1. The number of aromatic nitrogens is 2. The first-order chi connectivity index (χ1) is 15.7. The molecule has 1 aromatic rings. The molecule has 0 bridgehead atoms. The maximum absolute atomic E-state index is 12.6. The summed E-state index contributed by atoms with van der Waals surface area (Å²) in [5.41, 5.74) is 7.30. The number of carbonyl (C=O) groups is 1. The van der Waals surface area contributed by atoms with Gasteiger partial charge in [-0.05, 0) is 25.0 Å². The Balaban J connectivity index is 1.26. The molecule has 1 aromatic heterocycles. The molecule has 5 heterocycles. The number of carbonyl (C=O) groups excluding carboxylic acids is 1. The van der Waals surface area contributed by atoms with Crippen LogP contribution in [0.5, 0.6) is 0 Å². The summed E-state index contributed by atoms with van der Waals surface area (Å²) in [7, 11) is 0. The number of piperazine rings is 1. The highest BCUT2D eigenvalue weighted by atomic mass is 16.5. The zero-order valence-corrected chi connectivity index (χ0v) is 17.9. The molecule has 6 rings (SSSR count). The summed E-state index contributed by atoms with van der Waals surface area (Å²) in [6.07, 6.45) is 14.3. The van der Waals surface area contributed by atoms with Crippen LogP contribution in [0.1, 0.15) is 31.2 Å². The zero-order valence-electron chi connectivity index (χ0n) is 17.9. The lowest BCUT2D eigenvalue weighted by Gasteiger charge is -2.50. The van der Waals surface area contributed by atoms with Crippen LogP contribution in [0.4, 0.5) is 11.8 Å². The summed E-state index contributed by atoms with van der Waals surface area (Å²) in [5.74, 6) is 3.15.